The van der Waals surface area contributed by atoms with Crippen LogP contribution in [0.5, 0.6) is 0 Å². The van der Waals surface area contributed by atoms with E-state index >= 15 is 0 Å². The van der Waals surface area contributed by atoms with Gasteiger partial charge in [0.05, 0.1) is 11.7 Å². The van der Waals surface area contributed by atoms with E-state index in [-0.39, 0.29) is 12.1 Å². The fourth-order valence-electron chi connectivity index (χ4n) is 1.98. The van der Waals surface area contributed by atoms with E-state index in [4.69, 9.17) is 23.2 Å². The summed E-state index contributed by atoms with van der Waals surface area (Å²) in [5.74, 6) is -0.391. The highest BCUT2D eigenvalue weighted by Crippen LogP contribution is 2.25. The van der Waals surface area contributed by atoms with Gasteiger partial charge in [-0.2, -0.15) is 0 Å². The molecule has 2 aromatic rings. The first-order valence-corrected chi connectivity index (χ1v) is 7.24. The first kappa shape index (κ1) is 16.5. The Morgan fingerprint density at radius 1 is 1.36 bits per heavy atom. The summed E-state index contributed by atoms with van der Waals surface area (Å²) in [6, 6.07) is 6.07. The van der Waals surface area contributed by atoms with Crippen LogP contribution in [0, 0.1) is 6.92 Å². The highest BCUT2D eigenvalue weighted by molar-refractivity contribution is 6.35. The number of benzene rings is 1. The van der Waals surface area contributed by atoms with Crippen LogP contribution in [0.4, 0.5) is 0 Å². The molecule has 116 valence electrons. The minimum atomic E-state index is -0.961. The first-order chi connectivity index (χ1) is 10.4. The van der Waals surface area contributed by atoms with Crippen molar-refractivity contribution in [3.8, 4) is 0 Å². The molecular weight excluding hydrogens is 327 g/mol. The minimum absolute atomic E-state index is 0.0151. The number of hydrogen-bond donors (Lipinski definition) is 3. The van der Waals surface area contributed by atoms with Crippen molar-refractivity contribution in [1.29, 1.82) is 0 Å². The molecule has 1 aromatic carbocycles. The van der Waals surface area contributed by atoms with Gasteiger partial charge in [0.25, 0.3) is 5.91 Å². The van der Waals surface area contributed by atoms with Gasteiger partial charge in [0.2, 0.25) is 5.56 Å². The van der Waals surface area contributed by atoms with Crippen molar-refractivity contribution in [2.24, 2.45) is 0 Å². The molecule has 0 aliphatic heterocycles. The molecule has 1 atom stereocenters. The SMILES string of the molecule is Cc1cc(=O)[nH]cc1C(=O)NCC(O)c1ccc(Cl)cc1Cl. The molecule has 1 unspecified atom stereocenters. The van der Waals surface area contributed by atoms with E-state index in [9.17, 15) is 14.7 Å². The fraction of sp³-hybridized carbons (Fsp3) is 0.200. The maximum Gasteiger partial charge on any atom is 0.253 e. The van der Waals surface area contributed by atoms with Crippen LogP contribution in [0.25, 0.3) is 0 Å². The number of aromatic nitrogens is 1. The van der Waals surface area contributed by atoms with Crippen molar-refractivity contribution >= 4 is 29.1 Å². The molecule has 22 heavy (non-hydrogen) atoms. The second-order valence-electron chi connectivity index (χ2n) is 4.79. The highest BCUT2D eigenvalue weighted by Gasteiger charge is 2.15. The van der Waals surface area contributed by atoms with E-state index in [1.807, 2.05) is 0 Å². The molecule has 2 rings (SSSR count). The molecule has 1 heterocycles. The summed E-state index contributed by atoms with van der Waals surface area (Å²) in [4.78, 5) is 25.6. The second kappa shape index (κ2) is 6.96. The zero-order valence-corrected chi connectivity index (χ0v) is 13.2. The van der Waals surface area contributed by atoms with Gasteiger partial charge >= 0.3 is 0 Å². The lowest BCUT2D eigenvalue weighted by Crippen LogP contribution is -2.29. The van der Waals surface area contributed by atoms with Crippen LogP contribution < -0.4 is 10.9 Å². The standard InChI is InChI=1S/C15H14Cl2N2O3/c1-8-4-14(21)18-6-11(8)15(22)19-7-13(20)10-3-2-9(16)5-12(10)17/h2-6,13,20H,7H2,1H3,(H,18,21)(H,19,22). The zero-order chi connectivity index (χ0) is 16.3. The Bertz CT molecular complexity index is 759. The number of hydrogen-bond acceptors (Lipinski definition) is 3. The molecule has 0 saturated carbocycles. The Morgan fingerprint density at radius 3 is 2.73 bits per heavy atom. The quantitative estimate of drug-likeness (QED) is 0.799. The third-order valence-corrected chi connectivity index (χ3v) is 3.72. The third-order valence-electron chi connectivity index (χ3n) is 3.15. The summed E-state index contributed by atoms with van der Waals surface area (Å²) in [6.07, 6.45) is 0.381. The summed E-state index contributed by atoms with van der Waals surface area (Å²) >= 11 is 11.8. The van der Waals surface area contributed by atoms with Crippen molar-refractivity contribution in [3.63, 3.8) is 0 Å². The molecule has 0 radical (unpaired) electrons. The van der Waals surface area contributed by atoms with Crippen LogP contribution in [0.1, 0.15) is 27.6 Å². The number of aromatic amines is 1. The van der Waals surface area contributed by atoms with Crippen LogP contribution in [-0.2, 0) is 0 Å². The number of carbonyl (C=O) groups excluding carboxylic acids is 1. The molecule has 5 nitrogen and oxygen atoms in total. The Morgan fingerprint density at radius 2 is 2.09 bits per heavy atom. The topological polar surface area (TPSA) is 82.2 Å². The predicted molar refractivity (Wildman–Crippen MR) is 85.6 cm³/mol. The maximum absolute atomic E-state index is 12.1. The molecule has 3 N–H and O–H groups in total. The van der Waals surface area contributed by atoms with Crippen LogP contribution in [-0.4, -0.2) is 22.5 Å². The Balaban J connectivity index is 2.05. The largest absolute Gasteiger partial charge is 0.387 e. The molecule has 7 heteroatoms. The van der Waals surface area contributed by atoms with Gasteiger partial charge in [0.15, 0.2) is 0 Å². The number of carbonyl (C=O) groups is 1. The number of amides is 1. The van der Waals surface area contributed by atoms with Gasteiger partial charge in [-0.05, 0) is 24.6 Å². The van der Waals surface area contributed by atoms with Gasteiger partial charge in [-0.3, -0.25) is 9.59 Å². The zero-order valence-electron chi connectivity index (χ0n) is 11.7. The number of rotatable bonds is 4. The Labute approximate surface area is 136 Å². The van der Waals surface area contributed by atoms with Crippen LogP contribution in [0.15, 0.2) is 35.3 Å². The van der Waals surface area contributed by atoms with E-state index in [2.05, 4.69) is 10.3 Å². The monoisotopic (exact) mass is 340 g/mol. The third kappa shape index (κ3) is 3.88. The van der Waals surface area contributed by atoms with Crippen molar-refractivity contribution in [3.05, 3.63) is 67.6 Å². The molecule has 0 aliphatic carbocycles. The van der Waals surface area contributed by atoms with Gasteiger partial charge in [-0.25, -0.2) is 0 Å². The van der Waals surface area contributed by atoms with Crippen LogP contribution in [0.3, 0.4) is 0 Å². The minimum Gasteiger partial charge on any atom is -0.387 e. The van der Waals surface area contributed by atoms with Gasteiger partial charge < -0.3 is 15.4 Å². The summed E-state index contributed by atoms with van der Waals surface area (Å²) < 4.78 is 0. The van der Waals surface area contributed by atoms with Gasteiger partial charge in [0.1, 0.15) is 0 Å². The highest BCUT2D eigenvalue weighted by atomic mass is 35.5. The van der Waals surface area contributed by atoms with Gasteiger partial charge in [0, 0.05) is 34.4 Å². The lowest BCUT2D eigenvalue weighted by molar-refractivity contribution is 0.0915. The molecule has 0 bridgehead atoms. The summed E-state index contributed by atoms with van der Waals surface area (Å²) in [5, 5.41) is 13.5. The van der Waals surface area contributed by atoms with Crippen LogP contribution in [0.2, 0.25) is 10.0 Å². The van der Waals surface area contributed by atoms with Crippen molar-refractivity contribution in [2.75, 3.05) is 6.54 Å². The number of aliphatic hydroxyl groups excluding tert-OH is 1. The van der Waals surface area contributed by atoms with Gasteiger partial charge in [-0.15, -0.1) is 0 Å². The molecule has 0 spiro atoms. The summed E-state index contributed by atoms with van der Waals surface area (Å²) in [6.45, 7) is 1.65. The predicted octanol–water partition coefficient (Wildman–Crippen LogP) is 2.45. The number of halogens is 2. The fourth-order valence-corrected chi connectivity index (χ4v) is 2.52. The number of aliphatic hydroxyl groups is 1. The molecule has 0 saturated heterocycles. The van der Waals surface area contributed by atoms with Crippen molar-refractivity contribution < 1.29 is 9.90 Å². The number of aryl methyl sites for hydroxylation is 1. The van der Waals surface area contributed by atoms with Crippen molar-refractivity contribution in [1.82, 2.24) is 10.3 Å². The number of nitrogens with one attached hydrogen (secondary N) is 2. The number of pyridine rings is 1. The number of H-pyrrole nitrogens is 1. The maximum atomic E-state index is 12.1. The summed E-state index contributed by atoms with van der Waals surface area (Å²) in [5.41, 5.74) is 1.10. The average molecular weight is 341 g/mol. The van der Waals surface area contributed by atoms with E-state index in [1.54, 1.807) is 19.1 Å². The Kier molecular flexibility index (Phi) is 5.24. The van der Waals surface area contributed by atoms with Crippen molar-refractivity contribution in [2.45, 2.75) is 13.0 Å². The van der Waals surface area contributed by atoms with E-state index in [1.165, 1.54) is 18.3 Å². The molecule has 0 fully saturated rings. The molecule has 1 amide bonds. The summed E-state index contributed by atoms with van der Waals surface area (Å²) in [7, 11) is 0. The van der Waals surface area contributed by atoms with Gasteiger partial charge in [-0.1, -0.05) is 29.3 Å². The van der Waals surface area contributed by atoms with E-state index in [0.717, 1.165) is 0 Å². The lowest BCUT2D eigenvalue weighted by atomic mass is 10.1. The smallest absolute Gasteiger partial charge is 0.253 e. The first-order valence-electron chi connectivity index (χ1n) is 6.49. The Hall–Kier alpha value is -1.82. The molecule has 0 aliphatic rings. The van der Waals surface area contributed by atoms with E-state index in [0.29, 0.717) is 26.7 Å². The normalized spacial score (nSPS) is 12.0. The van der Waals surface area contributed by atoms with Crippen LogP contribution >= 0.6 is 23.2 Å². The van der Waals surface area contributed by atoms with E-state index < -0.39 is 12.0 Å². The second-order valence-corrected chi connectivity index (χ2v) is 5.63. The average Bonchev–Trinajstić information content (AvgIpc) is 2.44. The lowest BCUT2D eigenvalue weighted by Gasteiger charge is -2.14. The molecular formula is C15H14Cl2N2O3. The molecule has 1 aromatic heterocycles.